The van der Waals surface area contributed by atoms with E-state index in [1.54, 1.807) is 0 Å². The number of rotatable bonds is 5. The highest BCUT2D eigenvalue weighted by Crippen LogP contribution is 2.60. The fraction of sp³-hybridized carbons (Fsp3) is 0.696. The largest absolute Gasteiger partial charge is 0.379 e. The van der Waals surface area contributed by atoms with Gasteiger partial charge in [-0.1, -0.05) is 12.1 Å². The number of ether oxygens (including phenoxy) is 1. The molecule has 0 aromatic heterocycles. The number of nitrogens with one attached hydrogen (secondary N) is 1. The van der Waals surface area contributed by atoms with Crippen LogP contribution in [-0.4, -0.2) is 43.7 Å². The predicted molar refractivity (Wildman–Crippen MR) is 105 cm³/mol. The van der Waals surface area contributed by atoms with Crippen molar-refractivity contribution in [3.63, 3.8) is 0 Å². The van der Waals surface area contributed by atoms with Crippen molar-refractivity contribution in [2.75, 3.05) is 32.8 Å². The molecule has 1 amide bonds. The summed E-state index contributed by atoms with van der Waals surface area (Å²) in [7, 11) is 0. The van der Waals surface area contributed by atoms with Crippen molar-refractivity contribution in [3.05, 3.63) is 35.6 Å². The van der Waals surface area contributed by atoms with E-state index in [2.05, 4.69) is 10.2 Å². The molecule has 4 saturated carbocycles. The third-order valence-corrected chi connectivity index (χ3v) is 7.72. The molecule has 5 aliphatic rings. The first kappa shape index (κ1) is 18.6. The fourth-order valence-electron chi connectivity index (χ4n) is 6.80. The second kappa shape index (κ2) is 7.42. The summed E-state index contributed by atoms with van der Waals surface area (Å²) in [5.41, 5.74) is 0.946. The molecule has 1 aromatic carbocycles. The van der Waals surface area contributed by atoms with Crippen LogP contribution in [0.1, 0.15) is 50.1 Å². The van der Waals surface area contributed by atoms with Crippen LogP contribution in [0.25, 0.3) is 0 Å². The maximum absolute atomic E-state index is 13.4. The summed E-state index contributed by atoms with van der Waals surface area (Å²) in [6.07, 6.45) is 7.30. The number of halogens is 1. The van der Waals surface area contributed by atoms with Gasteiger partial charge in [0, 0.05) is 25.0 Å². The summed E-state index contributed by atoms with van der Waals surface area (Å²) in [5.74, 6) is 2.35. The smallest absolute Gasteiger partial charge is 0.226 e. The number of morpholine rings is 1. The molecule has 1 saturated heterocycles. The van der Waals surface area contributed by atoms with E-state index in [1.807, 2.05) is 12.1 Å². The van der Waals surface area contributed by atoms with Gasteiger partial charge in [-0.3, -0.25) is 9.69 Å². The first-order chi connectivity index (χ1) is 13.6. The number of amides is 1. The van der Waals surface area contributed by atoms with Crippen molar-refractivity contribution < 1.29 is 13.9 Å². The van der Waals surface area contributed by atoms with E-state index >= 15 is 0 Å². The van der Waals surface area contributed by atoms with E-state index < -0.39 is 0 Å². The van der Waals surface area contributed by atoms with Crippen LogP contribution in [-0.2, 0) is 9.53 Å². The van der Waals surface area contributed by atoms with Gasteiger partial charge in [-0.15, -0.1) is 0 Å². The Labute approximate surface area is 166 Å². The molecule has 28 heavy (non-hydrogen) atoms. The fourth-order valence-corrected chi connectivity index (χ4v) is 6.80. The number of benzene rings is 1. The van der Waals surface area contributed by atoms with Crippen molar-refractivity contribution in [2.24, 2.45) is 23.2 Å². The predicted octanol–water partition coefficient (Wildman–Crippen LogP) is 3.53. The summed E-state index contributed by atoms with van der Waals surface area (Å²) >= 11 is 0. The molecule has 0 radical (unpaired) electrons. The molecule has 4 aliphatic carbocycles. The molecule has 1 aliphatic heterocycles. The summed E-state index contributed by atoms with van der Waals surface area (Å²) in [5, 5.41) is 3.34. The van der Waals surface area contributed by atoms with Gasteiger partial charge in [0.15, 0.2) is 0 Å². The van der Waals surface area contributed by atoms with Crippen molar-refractivity contribution in [3.8, 4) is 0 Å². The van der Waals surface area contributed by atoms with Crippen molar-refractivity contribution in [2.45, 2.75) is 44.6 Å². The molecule has 5 heteroatoms. The summed E-state index contributed by atoms with van der Waals surface area (Å²) < 4.78 is 18.9. The Hall–Kier alpha value is -1.46. The normalized spacial score (nSPS) is 35.7. The van der Waals surface area contributed by atoms with Crippen molar-refractivity contribution in [1.82, 2.24) is 10.2 Å². The quantitative estimate of drug-likeness (QED) is 0.842. The zero-order valence-electron chi connectivity index (χ0n) is 16.5. The highest BCUT2D eigenvalue weighted by molar-refractivity contribution is 5.83. The lowest BCUT2D eigenvalue weighted by atomic mass is 9.49. The van der Waals surface area contributed by atoms with Crippen LogP contribution in [0.2, 0.25) is 0 Å². The zero-order valence-corrected chi connectivity index (χ0v) is 16.5. The van der Waals surface area contributed by atoms with Crippen molar-refractivity contribution >= 4 is 5.91 Å². The molecule has 1 unspecified atom stereocenters. The molecule has 6 rings (SSSR count). The molecular weight excluding hydrogens is 355 g/mol. The lowest BCUT2D eigenvalue weighted by Gasteiger charge is -2.55. The Morgan fingerprint density at radius 2 is 1.64 bits per heavy atom. The number of nitrogens with zero attached hydrogens (tertiary/aromatic N) is 1. The molecule has 0 spiro atoms. The van der Waals surface area contributed by atoms with Gasteiger partial charge < -0.3 is 10.1 Å². The van der Waals surface area contributed by atoms with E-state index in [9.17, 15) is 9.18 Å². The average molecular weight is 387 g/mol. The molecule has 1 N–H and O–H groups in total. The van der Waals surface area contributed by atoms with Crippen LogP contribution in [0.4, 0.5) is 4.39 Å². The van der Waals surface area contributed by atoms with Gasteiger partial charge in [-0.05, 0) is 74.0 Å². The maximum atomic E-state index is 13.4. The molecule has 1 aromatic rings. The van der Waals surface area contributed by atoms with Gasteiger partial charge in [0.1, 0.15) is 5.82 Å². The van der Waals surface area contributed by atoms with Crippen LogP contribution in [0.5, 0.6) is 0 Å². The van der Waals surface area contributed by atoms with Crippen molar-refractivity contribution in [1.29, 1.82) is 0 Å². The number of hydrogen-bond acceptors (Lipinski definition) is 3. The average Bonchev–Trinajstić information content (AvgIpc) is 2.69. The molecular formula is C23H31FN2O2. The van der Waals surface area contributed by atoms with Crippen LogP contribution >= 0.6 is 0 Å². The van der Waals surface area contributed by atoms with E-state index in [-0.39, 0.29) is 23.2 Å². The van der Waals surface area contributed by atoms with Gasteiger partial charge in [-0.2, -0.15) is 0 Å². The maximum Gasteiger partial charge on any atom is 0.226 e. The Balaban J connectivity index is 1.30. The molecule has 1 heterocycles. The van der Waals surface area contributed by atoms with E-state index in [0.29, 0.717) is 19.8 Å². The Morgan fingerprint density at radius 1 is 1.07 bits per heavy atom. The van der Waals surface area contributed by atoms with Crippen LogP contribution in [0.3, 0.4) is 0 Å². The lowest BCUT2D eigenvalue weighted by Crippen LogP contribution is -2.54. The zero-order chi connectivity index (χ0) is 19.1. The lowest BCUT2D eigenvalue weighted by molar-refractivity contribution is -0.146. The number of hydrogen-bond donors (Lipinski definition) is 1. The molecule has 1 atom stereocenters. The SMILES string of the molecule is O=C(NCC(c1ccc(F)cc1)N1CCOCC1)C12CC3CC(CC(C3)C1)C2. The van der Waals surface area contributed by atoms with E-state index in [4.69, 9.17) is 4.74 Å². The second-order valence-electron chi connectivity index (χ2n) is 9.62. The third kappa shape index (κ3) is 3.48. The van der Waals surface area contributed by atoms with E-state index in [1.165, 1.54) is 31.4 Å². The Bertz CT molecular complexity index is 679. The van der Waals surface area contributed by atoms with Crippen LogP contribution in [0.15, 0.2) is 24.3 Å². The minimum absolute atomic E-state index is 0.0716. The summed E-state index contributed by atoms with van der Waals surface area (Å²) in [6.45, 7) is 3.69. The van der Waals surface area contributed by atoms with Gasteiger partial charge in [0.25, 0.3) is 0 Å². The van der Waals surface area contributed by atoms with Gasteiger partial charge in [0.05, 0.1) is 19.3 Å². The number of carbonyl (C=O) groups is 1. The number of carbonyl (C=O) groups excluding carboxylic acids is 1. The minimum atomic E-state index is -0.220. The molecule has 152 valence electrons. The monoisotopic (exact) mass is 386 g/mol. The Morgan fingerprint density at radius 3 is 2.21 bits per heavy atom. The molecule has 5 fully saturated rings. The highest BCUT2D eigenvalue weighted by Gasteiger charge is 2.54. The van der Waals surface area contributed by atoms with Gasteiger partial charge >= 0.3 is 0 Å². The first-order valence-electron chi connectivity index (χ1n) is 11.0. The molecule has 4 bridgehead atoms. The van der Waals surface area contributed by atoms with Gasteiger partial charge in [-0.25, -0.2) is 4.39 Å². The summed E-state index contributed by atoms with van der Waals surface area (Å²) in [6, 6.07) is 6.81. The van der Waals surface area contributed by atoms with Gasteiger partial charge in [0.2, 0.25) is 5.91 Å². The highest BCUT2D eigenvalue weighted by atomic mass is 19.1. The third-order valence-electron chi connectivity index (χ3n) is 7.72. The van der Waals surface area contributed by atoms with E-state index in [0.717, 1.165) is 55.7 Å². The summed E-state index contributed by atoms with van der Waals surface area (Å²) in [4.78, 5) is 15.7. The van der Waals surface area contributed by atoms with Crippen LogP contribution in [0, 0.1) is 29.0 Å². The topological polar surface area (TPSA) is 41.6 Å². The molecule has 4 nitrogen and oxygen atoms in total. The Kier molecular flexibility index (Phi) is 4.92. The first-order valence-corrected chi connectivity index (χ1v) is 11.0. The van der Waals surface area contributed by atoms with Crippen LogP contribution < -0.4 is 5.32 Å². The standard InChI is InChI=1S/C23H31FN2O2/c24-20-3-1-19(2-4-20)21(26-5-7-28-8-6-26)15-25-22(27)23-12-16-9-17(13-23)11-18(10-16)14-23/h1-4,16-18,21H,5-15H2,(H,25,27). The minimum Gasteiger partial charge on any atom is -0.379 e. The second-order valence-corrected chi connectivity index (χ2v) is 9.62.